The maximum atomic E-state index is 13.0. The lowest BCUT2D eigenvalue weighted by Crippen LogP contribution is -2.33. The van der Waals surface area contributed by atoms with Crippen LogP contribution in [0.4, 0.5) is 4.79 Å². The molecule has 0 unspecified atom stereocenters. The quantitative estimate of drug-likeness (QED) is 0.187. The number of ether oxygens (including phenoxy) is 3. The Balaban J connectivity index is 1.20. The van der Waals surface area contributed by atoms with Gasteiger partial charge in [-0.05, 0) is 101 Å². The molecule has 0 bridgehead atoms. The summed E-state index contributed by atoms with van der Waals surface area (Å²) in [5.41, 5.74) is 2.48. The third-order valence-electron chi connectivity index (χ3n) is 7.41. The summed E-state index contributed by atoms with van der Waals surface area (Å²) >= 11 is 6.50. The van der Waals surface area contributed by atoms with E-state index in [2.05, 4.69) is 21.1 Å². The van der Waals surface area contributed by atoms with Crippen LogP contribution in [0.2, 0.25) is 5.02 Å². The summed E-state index contributed by atoms with van der Waals surface area (Å²) < 4.78 is 46.6. The Morgan fingerprint density at radius 2 is 1.80 bits per heavy atom. The highest BCUT2D eigenvalue weighted by Gasteiger charge is 2.48. The molecule has 2 fully saturated rings. The maximum absolute atomic E-state index is 13.0. The molecular formula is C33H40ClN3O6S. The molecule has 2 aromatic carbocycles. The van der Waals surface area contributed by atoms with E-state index in [1.165, 1.54) is 6.07 Å². The second-order valence-electron chi connectivity index (χ2n) is 12.3. The first-order valence-corrected chi connectivity index (χ1v) is 16.9. The van der Waals surface area contributed by atoms with Crippen molar-refractivity contribution in [2.24, 2.45) is 0 Å². The first kappa shape index (κ1) is 32.2. The van der Waals surface area contributed by atoms with E-state index in [9.17, 15) is 13.2 Å². The van der Waals surface area contributed by atoms with Gasteiger partial charge in [0.15, 0.2) is 0 Å². The number of carbonyl (C=O) groups is 1. The van der Waals surface area contributed by atoms with Gasteiger partial charge in [-0.15, -0.1) is 0 Å². The van der Waals surface area contributed by atoms with Crippen molar-refractivity contribution >= 4 is 27.7 Å². The second kappa shape index (κ2) is 13.4. The van der Waals surface area contributed by atoms with Gasteiger partial charge in [-0.25, -0.2) is 17.9 Å². The van der Waals surface area contributed by atoms with Gasteiger partial charge in [0.2, 0.25) is 10.0 Å². The van der Waals surface area contributed by atoms with Crippen molar-refractivity contribution in [2.45, 2.75) is 88.1 Å². The van der Waals surface area contributed by atoms with Crippen molar-refractivity contribution in [3.8, 4) is 16.9 Å². The fraction of sp³-hybridized carbons (Fsp3) is 0.455. The SMILES string of the molecule is CC(C)(C)OC(=O)NCCCCNS(=O)(=O)c1ccc(Cl)c(COC2(c3cnccc3-c3ccccc3OC3CC3)CC2)c1. The van der Waals surface area contributed by atoms with E-state index in [0.29, 0.717) is 30.0 Å². The lowest BCUT2D eigenvalue weighted by atomic mass is 9.96. The van der Waals surface area contributed by atoms with Crippen LogP contribution in [0, 0.1) is 0 Å². The molecule has 1 amide bonds. The normalized spacial score (nSPS) is 15.9. The van der Waals surface area contributed by atoms with Gasteiger partial charge in [0, 0.05) is 41.6 Å². The number of carbonyl (C=O) groups excluding carboxylic acids is 1. The van der Waals surface area contributed by atoms with E-state index in [4.69, 9.17) is 25.8 Å². The van der Waals surface area contributed by atoms with Crippen LogP contribution in [0.3, 0.4) is 0 Å². The Hall–Kier alpha value is -3.18. The molecule has 0 spiro atoms. The highest BCUT2D eigenvalue weighted by atomic mass is 35.5. The molecule has 5 rings (SSSR count). The number of rotatable bonds is 14. The predicted octanol–water partition coefficient (Wildman–Crippen LogP) is 6.73. The minimum Gasteiger partial charge on any atom is -0.490 e. The highest BCUT2D eigenvalue weighted by molar-refractivity contribution is 7.89. The van der Waals surface area contributed by atoms with Crippen molar-refractivity contribution < 1.29 is 27.4 Å². The Labute approximate surface area is 264 Å². The number of nitrogens with one attached hydrogen (secondary N) is 2. The first-order valence-electron chi connectivity index (χ1n) is 15.1. The fourth-order valence-corrected chi connectivity index (χ4v) is 6.14. The Kier molecular flexibility index (Phi) is 9.84. The number of hydrogen-bond donors (Lipinski definition) is 2. The topological polar surface area (TPSA) is 116 Å². The third-order valence-corrected chi connectivity index (χ3v) is 9.23. The van der Waals surface area contributed by atoms with Crippen LogP contribution in [0.25, 0.3) is 11.1 Å². The molecule has 236 valence electrons. The Morgan fingerprint density at radius 1 is 1.05 bits per heavy atom. The van der Waals surface area contributed by atoms with Gasteiger partial charge < -0.3 is 19.5 Å². The number of pyridine rings is 1. The van der Waals surface area contributed by atoms with Crippen molar-refractivity contribution in [1.29, 1.82) is 0 Å². The molecule has 2 saturated carbocycles. The number of benzene rings is 2. The number of nitrogens with zero attached hydrogens (tertiary/aromatic N) is 1. The monoisotopic (exact) mass is 641 g/mol. The molecule has 0 aliphatic heterocycles. The third kappa shape index (κ3) is 8.50. The summed E-state index contributed by atoms with van der Waals surface area (Å²) in [5, 5.41) is 3.11. The van der Waals surface area contributed by atoms with Gasteiger partial charge in [-0.1, -0.05) is 29.8 Å². The highest BCUT2D eigenvalue weighted by Crippen LogP contribution is 2.53. The van der Waals surface area contributed by atoms with Crippen LogP contribution < -0.4 is 14.8 Å². The molecule has 1 aromatic heterocycles. The van der Waals surface area contributed by atoms with Crippen LogP contribution in [-0.4, -0.2) is 44.3 Å². The minimum atomic E-state index is -3.77. The van der Waals surface area contributed by atoms with Gasteiger partial charge in [-0.2, -0.15) is 0 Å². The van der Waals surface area contributed by atoms with Gasteiger partial charge in [0.1, 0.15) is 11.4 Å². The molecule has 2 N–H and O–H groups in total. The number of alkyl carbamates (subject to hydrolysis) is 1. The molecule has 0 atom stereocenters. The summed E-state index contributed by atoms with van der Waals surface area (Å²) in [6.07, 6.45) is 8.33. The fourth-order valence-electron chi connectivity index (χ4n) is 4.84. The molecule has 44 heavy (non-hydrogen) atoms. The van der Waals surface area contributed by atoms with Crippen LogP contribution in [0.5, 0.6) is 5.75 Å². The lowest BCUT2D eigenvalue weighted by Gasteiger charge is -2.22. The standard InChI is InChI=1S/C33H40ClN3O6S/c1-32(2,3)43-31(38)36-17-6-7-18-37-44(39,40)25-12-13-29(34)23(20-25)22-41-33(15-16-33)28-21-35-19-14-26(28)27-8-4-5-9-30(27)42-24-10-11-24/h4-5,8-9,12-14,19-21,24,37H,6-7,10-11,15-18,22H2,1-3H3,(H,36,38). The molecule has 0 radical (unpaired) electrons. The summed E-state index contributed by atoms with van der Waals surface area (Å²) in [5.74, 6) is 0.853. The van der Waals surface area contributed by atoms with E-state index in [1.54, 1.807) is 39.1 Å². The maximum Gasteiger partial charge on any atom is 0.407 e. The average Bonchev–Trinajstić information content (AvgIpc) is 3.91. The molecule has 2 aliphatic rings. The number of hydrogen-bond acceptors (Lipinski definition) is 7. The number of para-hydroxylation sites is 1. The number of aromatic nitrogens is 1. The van der Waals surface area contributed by atoms with Gasteiger partial charge >= 0.3 is 6.09 Å². The average molecular weight is 642 g/mol. The summed E-state index contributed by atoms with van der Waals surface area (Å²) in [6.45, 7) is 6.14. The molecule has 9 nitrogen and oxygen atoms in total. The Bertz CT molecular complexity index is 1580. The molecular weight excluding hydrogens is 602 g/mol. The predicted molar refractivity (Wildman–Crippen MR) is 169 cm³/mol. The van der Waals surface area contributed by atoms with Crippen LogP contribution in [-0.2, 0) is 31.7 Å². The second-order valence-corrected chi connectivity index (χ2v) is 14.5. The Morgan fingerprint density at radius 3 is 2.52 bits per heavy atom. The van der Waals surface area contributed by atoms with E-state index in [-0.39, 0.29) is 24.2 Å². The van der Waals surface area contributed by atoms with Crippen LogP contribution in [0.1, 0.15) is 70.4 Å². The van der Waals surface area contributed by atoms with E-state index >= 15 is 0 Å². The minimum absolute atomic E-state index is 0.116. The largest absolute Gasteiger partial charge is 0.490 e. The molecule has 1 heterocycles. The zero-order valence-corrected chi connectivity index (χ0v) is 27.0. The van der Waals surface area contributed by atoms with E-state index < -0.39 is 27.3 Å². The summed E-state index contributed by atoms with van der Waals surface area (Å²) in [7, 11) is -3.77. The number of sulfonamides is 1. The molecule has 3 aromatic rings. The molecule has 11 heteroatoms. The van der Waals surface area contributed by atoms with Gasteiger partial charge in [-0.3, -0.25) is 4.98 Å². The molecule has 2 aliphatic carbocycles. The number of halogens is 1. The zero-order chi connectivity index (χ0) is 31.4. The lowest BCUT2D eigenvalue weighted by molar-refractivity contribution is 0.0173. The van der Waals surface area contributed by atoms with Gasteiger partial charge in [0.25, 0.3) is 0 Å². The van der Waals surface area contributed by atoms with Crippen LogP contribution >= 0.6 is 11.6 Å². The van der Waals surface area contributed by atoms with Crippen LogP contribution in [0.15, 0.2) is 65.8 Å². The van der Waals surface area contributed by atoms with Crippen molar-refractivity contribution in [2.75, 3.05) is 13.1 Å². The van der Waals surface area contributed by atoms with Crippen molar-refractivity contribution in [3.63, 3.8) is 0 Å². The van der Waals surface area contributed by atoms with E-state index in [1.807, 2.05) is 30.5 Å². The summed E-state index contributed by atoms with van der Waals surface area (Å²) in [4.78, 5) is 16.3. The molecule has 0 saturated heterocycles. The van der Waals surface area contributed by atoms with E-state index in [0.717, 1.165) is 48.1 Å². The van der Waals surface area contributed by atoms with Crippen molar-refractivity contribution in [1.82, 2.24) is 15.0 Å². The van der Waals surface area contributed by atoms with Gasteiger partial charge in [0.05, 0.1) is 23.2 Å². The smallest absolute Gasteiger partial charge is 0.407 e. The van der Waals surface area contributed by atoms with Crippen molar-refractivity contribution in [3.05, 3.63) is 77.1 Å². The number of amides is 1. The first-order chi connectivity index (χ1) is 21.0. The number of unbranched alkanes of at least 4 members (excludes halogenated alkanes) is 1. The summed E-state index contributed by atoms with van der Waals surface area (Å²) in [6, 6.07) is 14.7. The zero-order valence-electron chi connectivity index (χ0n) is 25.4.